The highest BCUT2D eigenvalue weighted by Gasteiger charge is 2.07. The molecule has 0 aliphatic rings. The second-order valence-electron chi connectivity index (χ2n) is 5.29. The van der Waals surface area contributed by atoms with E-state index in [1.165, 1.54) is 11.5 Å². The lowest BCUT2D eigenvalue weighted by Crippen LogP contribution is -2.14. The third kappa shape index (κ3) is 4.69. The molecule has 116 valence electrons. The Morgan fingerprint density at radius 1 is 1.14 bits per heavy atom. The molecule has 1 atom stereocenters. The number of carbonyl (C=O) groups excluding carboxylic acids is 1. The standard InChI is InChI=1S/C18H21NO3/c20-17(9-3-1-2-4-10-18(21)19-22)16-12-11-14-7-5-6-8-15(14)13-16/h4-8,10-13,17,20,22H,1-3,9H2,(H,19,21)/b10-4+/t17-/m0/s1. The van der Waals surface area contributed by atoms with Gasteiger partial charge in [0.15, 0.2) is 0 Å². The van der Waals surface area contributed by atoms with Crippen LogP contribution in [0, 0.1) is 0 Å². The molecule has 0 fully saturated rings. The molecule has 0 aromatic heterocycles. The molecular weight excluding hydrogens is 278 g/mol. The van der Waals surface area contributed by atoms with Crippen molar-refractivity contribution in [2.45, 2.75) is 31.8 Å². The second kappa shape index (κ2) is 8.32. The number of aliphatic hydroxyl groups excluding tert-OH is 1. The van der Waals surface area contributed by atoms with Crippen molar-refractivity contribution >= 4 is 16.7 Å². The number of hydroxylamine groups is 1. The quantitative estimate of drug-likeness (QED) is 0.317. The van der Waals surface area contributed by atoms with Gasteiger partial charge in [-0.15, -0.1) is 0 Å². The summed E-state index contributed by atoms with van der Waals surface area (Å²) in [7, 11) is 0. The van der Waals surface area contributed by atoms with E-state index in [0.29, 0.717) is 6.42 Å². The Hall–Kier alpha value is -2.17. The molecule has 0 spiro atoms. The highest BCUT2D eigenvalue weighted by Crippen LogP contribution is 2.24. The number of carbonyl (C=O) groups is 1. The topological polar surface area (TPSA) is 69.6 Å². The Balaban J connectivity index is 1.80. The predicted molar refractivity (Wildman–Crippen MR) is 86.4 cm³/mol. The molecule has 0 aliphatic heterocycles. The van der Waals surface area contributed by atoms with Crippen LogP contribution < -0.4 is 5.48 Å². The van der Waals surface area contributed by atoms with Crippen LogP contribution in [-0.2, 0) is 4.79 Å². The monoisotopic (exact) mass is 299 g/mol. The van der Waals surface area contributed by atoms with Crippen LogP contribution in [0.3, 0.4) is 0 Å². The van der Waals surface area contributed by atoms with Crippen LogP contribution in [0.5, 0.6) is 0 Å². The van der Waals surface area contributed by atoms with E-state index in [-0.39, 0.29) is 0 Å². The molecule has 0 aliphatic carbocycles. The Kier molecular flexibility index (Phi) is 6.13. The highest BCUT2D eigenvalue weighted by molar-refractivity contribution is 5.86. The Morgan fingerprint density at radius 3 is 2.68 bits per heavy atom. The molecule has 0 unspecified atom stereocenters. The molecule has 0 saturated heterocycles. The first-order valence-electron chi connectivity index (χ1n) is 7.48. The molecule has 4 heteroatoms. The van der Waals surface area contributed by atoms with Crippen molar-refractivity contribution < 1.29 is 15.1 Å². The molecule has 0 heterocycles. The summed E-state index contributed by atoms with van der Waals surface area (Å²) in [6.07, 6.45) is 5.76. The molecule has 4 nitrogen and oxygen atoms in total. The predicted octanol–water partition coefficient (Wildman–Crippen LogP) is 3.50. The van der Waals surface area contributed by atoms with Crippen molar-refractivity contribution in [3.63, 3.8) is 0 Å². The lowest BCUT2D eigenvalue weighted by molar-refractivity contribution is -0.124. The maximum absolute atomic E-state index is 10.8. The number of unbranched alkanes of at least 4 members (excludes halogenated alkanes) is 2. The number of fused-ring (bicyclic) bond motifs is 1. The number of nitrogens with one attached hydrogen (secondary N) is 1. The summed E-state index contributed by atoms with van der Waals surface area (Å²) >= 11 is 0. The van der Waals surface area contributed by atoms with Gasteiger partial charge in [-0.25, -0.2) is 5.48 Å². The van der Waals surface area contributed by atoms with Crippen molar-refractivity contribution in [3.05, 3.63) is 60.2 Å². The van der Waals surface area contributed by atoms with Crippen LogP contribution in [0.2, 0.25) is 0 Å². The summed E-state index contributed by atoms with van der Waals surface area (Å²) in [6, 6.07) is 14.1. The van der Waals surface area contributed by atoms with Gasteiger partial charge in [0, 0.05) is 6.08 Å². The molecule has 22 heavy (non-hydrogen) atoms. The number of rotatable bonds is 7. The van der Waals surface area contributed by atoms with Crippen molar-refractivity contribution in [2.24, 2.45) is 0 Å². The van der Waals surface area contributed by atoms with E-state index in [4.69, 9.17) is 5.21 Å². The average molecular weight is 299 g/mol. The number of hydrogen-bond acceptors (Lipinski definition) is 3. The van der Waals surface area contributed by atoms with Crippen LogP contribution >= 0.6 is 0 Å². The van der Waals surface area contributed by atoms with Gasteiger partial charge in [0.25, 0.3) is 5.91 Å². The highest BCUT2D eigenvalue weighted by atomic mass is 16.5. The molecule has 2 aromatic carbocycles. The summed E-state index contributed by atoms with van der Waals surface area (Å²) in [6.45, 7) is 0. The fourth-order valence-electron chi connectivity index (χ4n) is 2.41. The van der Waals surface area contributed by atoms with Gasteiger partial charge in [0.1, 0.15) is 0 Å². The van der Waals surface area contributed by atoms with Gasteiger partial charge in [-0.1, -0.05) is 48.9 Å². The Bertz CT molecular complexity index is 652. The van der Waals surface area contributed by atoms with Gasteiger partial charge in [0.2, 0.25) is 0 Å². The van der Waals surface area contributed by atoms with Gasteiger partial charge < -0.3 is 5.11 Å². The SMILES string of the molecule is O=C(/C=C/CCCC[C@H](O)c1ccc2ccccc2c1)NO. The first-order chi connectivity index (χ1) is 10.7. The van der Waals surface area contributed by atoms with E-state index >= 15 is 0 Å². The van der Waals surface area contributed by atoms with E-state index in [1.54, 1.807) is 11.6 Å². The van der Waals surface area contributed by atoms with Gasteiger partial charge in [-0.2, -0.15) is 0 Å². The zero-order chi connectivity index (χ0) is 15.8. The maximum atomic E-state index is 10.8. The normalized spacial score (nSPS) is 12.6. The smallest absolute Gasteiger partial charge is 0.267 e. The van der Waals surface area contributed by atoms with Crippen LogP contribution in [0.1, 0.15) is 37.4 Å². The Morgan fingerprint density at radius 2 is 1.91 bits per heavy atom. The van der Waals surface area contributed by atoms with Crippen LogP contribution in [-0.4, -0.2) is 16.2 Å². The minimum absolute atomic E-state index is 0.464. The molecule has 0 saturated carbocycles. The summed E-state index contributed by atoms with van der Waals surface area (Å²) in [4.78, 5) is 10.8. The van der Waals surface area contributed by atoms with Crippen molar-refractivity contribution in [1.82, 2.24) is 5.48 Å². The molecule has 0 radical (unpaired) electrons. The average Bonchev–Trinajstić information content (AvgIpc) is 2.56. The van der Waals surface area contributed by atoms with E-state index in [0.717, 1.165) is 30.2 Å². The lowest BCUT2D eigenvalue weighted by Gasteiger charge is -2.11. The van der Waals surface area contributed by atoms with E-state index in [1.807, 2.05) is 36.4 Å². The van der Waals surface area contributed by atoms with Crippen molar-refractivity contribution in [3.8, 4) is 0 Å². The number of aliphatic hydroxyl groups is 1. The maximum Gasteiger partial charge on any atom is 0.267 e. The minimum Gasteiger partial charge on any atom is -0.388 e. The number of hydrogen-bond donors (Lipinski definition) is 3. The third-order valence-electron chi connectivity index (χ3n) is 3.64. The number of benzene rings is 2. The van der Waals surface area contributed by atoms with Gasteiger partial charge in [-0.05, 0) is 41.7 Å². The Labute approximate surface area is 130 Å². The molecule has 2 rings (SSSR count). The summed E-state index contributed by atoms with van der Waals surface area (Å²) in [5.74, 6) is -0.517. The van der Waals surface area contributed by atoms with Gasteiger partial charge in [0.05, 0.1) is 6.10 Å². The molecule has 3 N–H and O–H groups in total. The first-order valence-corrected chi connectivity index (χ1v) is 7.48. The largest absolute Gasteiger partial charge is 0.388 e. The third-order valence-corrected chi connectivity index (χ3v) is 3.64. The minimum atomic E-state index is -0.517. The summed E-state index contributed by atoms with van der Waals surface area (Å²) in [5, 5.41) is 20.9. The van der Waals surface area contributed by atoms with Gasteiger partial charge in [-0.3, -0.25) is 10.0 Å². The number of amides is 1. The summed E-state index contributed by atoms with van der Waals surface area (Å²) < 4.78 is 0. The van der Waals surface area contributed by atoms with Crippen LogP contribution in [0.15, 0.2) is 54.6 Å². The van der Waals surface area contributed by atoms with E-state index in [2.05, 4.69) is 6.07 Å². The zero-order valence-corrected chi connectivity index (χ0v) is 12.4. The lowest BCUT2D eigenvalue weighted by atomic mass is 10.00. The molecule has 2 aromatic rings. The molecule has 1 amide bonds. The number of allylic oxidation sites excluding steroid dienone is 1. The van der Waals surface area contributed by atoms with E-state index < -0.39 is 12.0 Å². The zero-order valence-electron chi connectivity index (χ0n) is 12.4. The fourth-order valence-corrected chi connectivity index (χ4v) is 2.41. The van der Waals surface area contributed by atoms with Crippen molar-refractivity contribution in [2.75, 3.05) is 0 Å². The van der Waals surface area contributed by atoms with Crippen LogP contribution in [0.4, 0.5) is 0 Å². The molecule has 0 bridgehead atoms. The van der Waals surface area contributed by atoms with Crippen molar-refractivity contribution in [1.29, 1.82) is 0 Å². The summed E-state index contributed by atoms with van der Waals surface area (Å²) in [5.41, 5.74) is 2.48. The second-order valence-corrected chi connectivity index (χ2v) is 5.29. The molecular formula is C18H21NO3. The van der Waals surface area contributed by atoms with Gasteiger partial charge >= 0.3 is 0 Å². The first kappa shape index (κ1) is 16.2. The van der Waals surface area contributed by atoms with Crippen LogP contribution in [0.25, 0.3) is 10.8 Å². The van der Waals surface area contributed by atoms with E-state index in [9.17, 15) is 9.90 Å². The fraction of sp³-hybridized carbons (Fsp3) is 0.278.